The molecule has 0 bridgehead atoms. The maximum Gasteiger partial charge on any atom is 0.273 e. The third kappa shape index (κ3) is 7.22. The summed E-state index contributed by atoms with van der Waals surface area (Å²) in [6.07, 6.45) is 3.72. The van der Waals surface area contributed by atoms with Crippen molar-refractivity contribution >= 4 is 5.91 Å². The van der Waals surface area contributed by atoms with E-state index in [1.54, 1.807) is 25.4 Å². The first-order valence-electron chi connectivity index (χ1n) is 11.3. The van der Waals surface area contributed by atoms with Gasteiger partial charge in [0.2, 0.25) is 5.89 Å². The zero-order chi connectivity index (χ0) is 24.5. The predicted octanol–water partition coefficient (Wildman–Crippen LogP) is 4.39. The second-order valence-electron chi connectivity index (χ2n) is 8.08. The van der Waals surface area contributed by atoms with Gasteiger partial charge in [0.25, 0.3) is 5.91 Å². The van der Waals surface area contributed by atoms with E-state index in [9.17, 15) is 9.18 Å². The predicted molar refractivity (Wildman–Crippen MR) is 129 cm³/mol. The maximum atomic E-state index is 13.4. The Bertz CT molecular complexity index is 1230. The largest absolute Gasteiger partial charge is 0.497 e. The van der Waals surface area contributed by atoms with Crippen LogP contribution in [0.4, 0.5) is 4.39 Å². The molecule has 1 amide bonds. The number of amides is 1. The number of benzene rings is 2. The molecule has 0 radical (unpaired) electrons. The maximum absolute atomic E-state index is 13.4. The van der Waals surface area contributed by atoms with E-state index in [-0.39, 0.29) is 17.4 Å². The highest BCUT2D eigenvalue weighted by Crippen LogP contribution is 2.18. The van der Waals surface area contributed by atoms with Gasteiger partial charge in [-0.15, -0.1) is 0 Å². The second kappa shape index (κ2) is 11.9. The van der Waals surface area contributed by atoms with Crippen molar-refractivity contribution in [3.8, 4) is 5.75 Å². The Balaban J connectivity index is 1.41. The van der Waals surface area contributed by atoms with Crippen LogP contribution >= 0.6 is 0 Å². The van der Waals surface area contributed by atoms with Gasteiger partial charge < -0.3 is 14.5 Å². The molecule has 2 aromatic heterocycles. The standard InChI is InChI=1S/C27H27FN4O3/c1-34-24-7-4-5-21(15-24)17-32(16-20-8-10-22(28)11-9-20)18-26-31-25(19-35-26)27(33)30-14-12-23-6-2-3-13-29-23/h2-11,13,15,19H,12,14,16-18H2,1H3,(H,30,33). The fourth-order valence-corrected chi connectivity index (χ4v) is 3.66. The van der Waals surface area contributed by atoms with Crippen LogP contribution in [0.3, 0.4) is 0 Å². The number of aromatic nitrogens is 2. The van der Waals surface area contributed by atoms with Gasteiger partial charge in [-0.2, -0.15) is 0 Å². The number of methoxy groups -OCH3 is 1. The highest BCUT2D eigenvalue weighted by atomic mass is 19.1. The molecule has 0 saturated heterocycles. The molecule has 8 heteroatoms. The average molecular weight is 475 g/mol. The number of halogens is 1. The zero-order valence-corrected chi connectivity index (χ0v) is 19.5. The molecule has 0 aliphatic heterocycles. The van der Waals surface area contributed by atoms with E-state index >= 15 is 0 Å². The molecule has 0 aliphatic rings. The minimum Gasteiger partial charge on any atom is -0.497 e. The van der Waals surface area contributed by atoms with Crippen LogP contribution in [0.2, 0.25) is 0 Å². The Hall–Kier alpha value is -4.04. The van der Waals surface area contributed by atoms with Crippen LogP contribution in [0.5, 0.6) is 5.75 Å². The lowest BCUT2D eigenvalue weighted by molar-refractivity contribution is 0.0949. The Morgan fingerprint density at radius 1 is 1.03 bits per heavy atom. The number of hydrogen-bond donors (Lipinski definition) is 1. The summed E-state index contributed by atoms with van der Waals surface area (Å²) in [6.45, 7) is 1.95. The molecular weight excluding hydrogens is 447 g/mol. The first kappa shape index (κ1) is 24.1. The number of hydrogen-bond acceptors (Lipinski definition) is 6. The minimum atomic E-state index is -0.297. The second-order valence-corrected chi connectivity index (χ2v) is 8.08. The fraction of sp³-hybridized carbons (Fsp3) is 0.222. The van der Waals surface area contributed by atoms with Gasteiger partial charge in [-0.3, -0.25) is 14.7 Å². The van der Waals surface area contributed by atoms with Crippen molar-refractivity contribution in [3.63, 3.8) is 0 Å². The van der Waals surface area contributed by atoms with Crippen LogP contribution in [-0.4, -0.2) is 34.4 Å². The van der Waals surface area contributed by atoms with Crippen molar-refractivity contribution in [1.82, 2.24) is 20.2 Å². The molecule has 2 heterocycles. The topological polar surface area (TPSA) is 80.5 Å². The van der Waals surface area contributed by atoms with Gasteiger partial charge in [0.05, 0.1) is 13.7 Å². The summed E-state index contributed by atoms with van der Waals surface area (Å²) in [5, 5.41) is 2.85. The smallest absolute Gasteiger partial charge is 0.273 e. The van der Waals surface area contributed by atoms with Crippen molar-refractivity contribution in [2.75, 3.05) is 13.7 Å². The highest BCUT2D eigenvalue weighted by Gasteiger charge is 2.16. The summed E-state index contributed by atoms with van der Waals surface area (Å²) in [5.41, 5.74) is 3.13. The molecule has 0 saturated carbocycles. The number of rotatable bonds is 11. The van der Waals surface area contributed by atoms with Gasteiger partial charge in [0, 0.05) is 37.9 Å². The van der Waals surface area contributed by atoms with Crippen molar-refractivity contribution in [2.45, 2.75) is 26.1 Å². The summed E-state index contributed by atoms with van der Waals surface area (Å²) in [4.78, 5) is 23.2. The summed E-state index contributed by atoms with van der Waals surface area (Å²) in [5.74, 6) is 0.614. The number of nitrogens with zero attached hydrogens (tertiary/aromatic N) is 3. The fourth-order valence-electron chi connectivity index (χ4n) is 3.66. The van der Waals surface area contributed by atoms with Gasteiger partial charge in [0.15, 0.2) is 5.69 Å². The van der Waals surface area contributed by atoms with E-state index in [4.69, 9.17) is 9.15 Å². The Morgan fingerprint density at radius 3 is 2.63 bits per heavy atom. The first-order valence-corrected chi connectivity index (χ1v) is 11.3. The third-order valence-corrected chi connectivity index (χ3v) is 5.40. The number of ether oxygens (including phenoxy) is 1. The SMILES string of the molecule is COc1cccc(CN(Cc2ccc(F)cc2)Cc2nc(C(=O)NCCc3ccccn3)co2)c1. The molecule has 4 aromatic rings. The Labute approximate surface area is 203 Å². The molecule has 0 unspecified atom stereocenters. The number of carbonyl (C=O) groups is 1. The quantitative estimate of drug-likeness (QED) is 0.347. The van der Waals surface area contributed by atoms with E-state index in [0.29, 0.717) is 38.5 Å². The Kier molecular flexibility index (Phi) is 8.19. The minimum absolute atomic E-state index is 0.226. The van der Waals surface area contributed by atoms with Crippen molar-refractivity contribution in [3.05, 3.63) is 113 Å². The van der Waals surface area contributed by atoms with Crippen LogP contribution in [0.15, 0.2) is 83.6 Å². The normalized spacial score (nSPS) is 10.9. The van der Waals surface area contributed by atoms with E-state index in [2.05, 4.69) is 20.2 Å². The third-order valence-electron chi connectivity index (χ3n) is 5.40. The number of oxazole rings is 1. The lowest BCUT2D eigenvalue weighted by Gasteiger charge is -2.21. The molecule has 4 rings (SSSR count). The summed E-state index contributed by atoms with van der Waals surface area (Å²) < 4.78 is 24.3. The molecule has 35 heavy (non-hydrogen) atoms. The van der Waals surface area contributed by atoms with Crippen LogP contribution in [0.1, 0.15) is 33.2 Å². The van der Waals surface area contributed by atoms with Crippen molar-refractivity contribution in [1.29, 1.82) is 0 Å². The summed E-state index contributed by atoms with van der Waals surface area (Å²) in [6, 6.07) is 19.9. The van der Waals surface area contributed by atoms with Gasteiger partial charge in [-0.25, -0.2) is 9.37 Å². The number of nitrogens with one attached hydrogen (secondary N) is 1. The monoisotopic (exact) mass is 474 g/mol. The van der Waals surface area contributed by atoms with E-state index in [0.717, 1.165) is 22.6 Å². The van der Waals surface area contributed by atoms with E-state index in [1.807, 2.05) is 42.5 Å². The van der Waals surface area contributed by atoms with Gasteiger partial charge in [-0.05, 0) is 47.5 Å². The summed E-state index contributed by atoms with van der Waals surface area (Å²) in [7, 11) is 1.63. The van der Waals surface area contributed by atoms with Crippen LogP contribution in [0, 0.1) is 5.82 Å². The number of pyridine rings is 1. The van der Waals surface area contributed by atoms with Crippen LogP contribution < -0.4 is 10.1 Å². The van der Waals surface area contributed by atoms with Gasteiger partial charge in [-0.1, -0.05) is 30.3 Å². The molecule has 1 N–H and O–H groups in total. The van der Waals surface area contributed by atoms with Gasteiger partial charge in [0.1, 0.15) is 17.8 Å². The Morgan fingerprint density at radius 2 is 1.86 bits per heavy atom. The average Bonchev–Trinajstić information content (AvgIpc) is 3.35. The molecule has 180 valence electrons. The van der Waals surface area contributed by atoms with Crippen molar-refractivity contribution in [2.24, 2.45) is 0 Å². The highest BCUT2D eigenvalue weighted by molar-refractivity contribution is 5.91. The molecule has 0 aliphatic carbocycles. The molecule has 0 fully saturated rings. The first-order chi connectivity index (χ1) is 17.1. The van der Waals surface area contributed by atoms with Crippen LogP contribution in [-0.2, 0) is 26.1 Å². The zero-order valence-electron chi connectivity index (χ0n) is 19.5. The molecule has 0 spiro atoms. The van der Waals surface area contributed by atoms with E-state index < -0.39 is 0 Å². The molecule has 7 nitrogen and oxygen atoms in total. The van der Waals surface area contributed by atoms with Gasteiger partial charge >= 0.3 is 0 Å². The molecular formula is C27H27FN4O3. The van der Waals surface area contributed by atoms with E-state index in [1.165, 1.54) is 18.4 Å². The molecule has 2 aromatic carbocycles. The lowest BCUT2D eigenvalue weighted by atomic mass is 10.1. The van der Waals surface area contributed by atoms with Crippen LogP contribution in [0.25, 0.3) is 0 Å². The number of carbonyl (C=O) groups excluding carboxylic acids is 1. The van der Waals surface area contributed by atoms with Crippen molar-refractivity contribution < 1.29 is 18.3 Å². The summed E-state index contributed by atoms with van der Waals surface area (Å²) >= 11 is 0. The molecule has 0 atom stereocenters. The lowest BCUT2D eigenvalue weighted by Crippen LogP contribution is -2.26.